The first-order valence-electron chi connectivity index (χ1n) is 7.91. The van der Waals surface area contributed by atoms with E-state index in [9.17, 15) is 23.3 Å². The van der Waals surface area contributed by atoms with E-state index < -0.39 is 17.1 Å². The van der Waals surface area contributed by atoms with Crippen LogP contribution in [0.3, 0.4) is 0 Å². The Balaban J connectivity index is 2.14. The number of hydrogen-bond acceptors (Lipinski definition) is 5. The molecule has 1 aromatic rings. The Bertz CT molecular complexity index is 789. The standard InChI is InChI=1S/C15H21BN2O5S/c1-9(10-4-5-10)18-8-11-6-12(16(20)21)7-13(14(11)15(18)19)24(22,23)17(2)3/h6-7,9-10,20-21H,4-5,8H2,1-3H3/t9-/m0/s1. The van der Waals surface area contributed by atoms with E-state index >= 15 is 0 Å². The molecule has 0 radical (unpaired) electrons. The van der Waals surface area contributed by atoms with Crippen molar-refractivity contribution in [3.05, 3.63) is 23.3 Å². The van der Waals surface area contributed by atoms with Crippen molar-refractivity contribution in [3.63, 3.8) is 0 Å². The number of benzene rings is 1. The van der Waals surface area contributed by atoms with Crippen molar-refractivity contribution < 1.29 is 23.3 Å². The van der Waals surface area contributed by atoms with Crippen LogP contribution in [0.25, 0.3) is 0 Å². The Kier molecular flexibility index (Phi) is 4.23. The molecule has 1 heterocycles. The summed E-state index contributed by atoms with van der Waals surface area (Å²) in [6.45, 7) is 2.27. The Morgan fingerprint density at radius 3 is 2.42 bits per heavy atom. The Morgan fingerprint density at radius 2 is 1.92 bits per heavy atom. The molecule has 0 saturated heterocycles. The van der Waals surface area contributed by atoms with Crippen molar-refractivity contribution in [2.75, 3.05) is 14.1 Å². The number of sulfonamides is 1. The van der Waals surface area contributed by atoms with Gasteiger partial charge in [-0.1, -0.05) is 6.07 Å². The van der Waals surface area contributed by atoms with E-state index in [0.29, 0.717) is 18.0 Å². The highest BCUT2D eigenvalue weighted by Crippen LogP contribution is 2.39. The van der Waals surface area contributed by atoms with Crippen LogP contribution in [0.5, 0.6) is 0 Å². The summed E-state index contributed by atoms with van der Waals surface area (Å²) in [5.41, 5.74) is 0.752. The summed E-state index contributed by atoms with van der Waals surface area (Å²) in [6, 6.07) is 2.73. The Hall–Kier alpha value is -1.42. The van der Waals surface area contributed by atoms with Crippen molar-refractivity contribution in [2.45, 2.75) is 37.2 Å². The molecule has 0 bridgehead atoms. The van der Waals surface area contributed by atoms with Crippen molar-refractivity contribution in [3.8, 4) is 0 Å². The van der Waals surface area contributed by atoms with E-state index in [0.717, 1.165) is 17.1 Å². The van der Waals surface area contributed by atoms with Crippen LogP contribution < -0.4 is 5.46 Å². The molecule has 1 aliphatic heterocycles. The minimum atomic E-state index is -3.88. The first-order chi connectivity index (χ1) is 11.1. The van der Waals surface area contributed by atoms with Gasteiger partial charge in [-0.2, -0.15) is 0 Å². The lowest BCUT2D eigenvalue weighted by atomic mass is 9.79. The molecule has 2 aliphatic rings. The lowest BCUT2D eigenvalue weighted by molar-refractivity contribution is 0.0694. The second kappa shape index (κ2) is 5.84. The van der Waals surface area contributed by atoms with Crippen LogP contribution in [0.4, 0.5) is 0 Å². The predicted molar refractivity (Wildman–Crippen MR) is 89.2 cm³/mol. The number of amides is 1. The highest BCUT2D eigenvalue weighted by atomic mass is 32.2. The van der Waals surface area contributed by atoms with Gasteiger partial charge in [0, 0.05) is 26.7 Å². The third-order valence-corrected chi connectivity index (χ3v) is 6.71. The zero-order chi connectivity index (χ0) is 17.8. The summed E-state index contributed by atoms with van der Waals surface area (Å²) in [7, 11) is -2.91. The van der Waals surface area contributed by atoms with E-state index in [1.54, 1.807) is 4.90 Å². The second-order valence-electron chi connectivity index (χ2n) is 6.73. The summed E-state index contributed by atoms with van der Waals surface area (Å²) < 4.78 is 26.3. The molecule has 0 unspecified atom stereocenters. The van der Waals surface area contributed by atoms with Gasteiger partial charge in [-0.15, -0.1) is 0 Å². The van der Waals surface area contributed by atoms with Crippen LogP contribution in [-0.4, -0.2) is 60.8 Å². The fourth-order valence-electron chi connectivity index (χ4n) is 3.17. The first kappa shape index (κ1) is 17.4. The van der Waals surface area contributed by atoms with Gasteiger partial charge in [0.15, 0.2) is 0 Å². The van der Waals surface area contributed by atoms with Gasteiger partial charge >= 0.3 is 7.12 Å². The van der Waals surface area contributed by atoms with Gasteiger partial charge in [0.2, 0.25) is 10.0 Å². The maximum atomic E-state index is 12.9. The molecule has 1 fully saturated rings. The van der Waals surface area contributed by atoms with Crippen LogP contribution in [-0.2, 0) is 16.6 Å². The number of hydrogen-bond donors (Lipinski definition) is 2. The molecule has 1 aliphatic carbocycles. The van der Waals surface area contributed by atoms with Gasteiger partial charge < -0.3 is 14.9 Å². The molecule has 9 heteroatoms. The second-order valence-corrected chi connectivity index (χ2v) is 8.85. The number of carbonyl (C=O) groups excluding carboxylic acids is 1. The topological polar surface area (TPSA) is 98.2 Å². The molecule has 1 atom stereocenters. The Morgan fingerprint density at radius 1 is 1.29 bits per heavy atom. The minimum Gasteiger partial charge on any atom is -0.423 e. The van der Waals surface area contributed by atoms with E-state index in [-0.39, 0.29) is 27.9 Å². The number of nitrogens with zero attached hydrogens (tertiary/aromatic N) is 2. The molecule has 0 aromatic heterocycles. The first-order valence-corrected chi connectivity index (χ1v) is 9.35. The summed E-state index contributed by atoms with van der Waals surface area (Å²) >= 11 is 0. The van der Waals surface area contributed by atoms with Gasteiger partial charge in [-0.3, -0.25) is 4.79 Å². The summed E-state index contributed by atoms with van der Waals surface area (Å²) in [6.07, 6.45) is 2.15. The SMILES string of the molecule is C[C@@H](C1CC1)N1Cc2cc(B(O)O)cc(S(=O)(=O)N(C)C)c2C1=O. The number of carbonyl (C=O) groups is 1. The van der Waals surface area contributed by atoms with Crippen LogP contribution >= 0.6 is 0 Å². The van der Waals surface area contributed by atoms with E-state index in [1.165, 1.54) is 26.2 Å². The van der Waals surface area contributed by atoms with Gasteiger partial charge in [0.05, 0.1) is 10.5 Å². The highest BCUT2D eigenvalue weighted by molar-refractivity contribution is 7.89. The molecular weight excluding hydrogens is 331 g/mol. The van der Waals surface area contributed by atoms with E-state index in [2.05, 4.69) is 0 Å². The molecule has 0 spiro atoms. The zero-order valence-corrected chi connectivity index (χ0v) is 14.7. The molecule has 1 saturated carbocycles. The summed E-state index contributed by atoms with van der Waals surface area (Å²) in [4.78, 5) is 14.4. The van der Waals surface area contributed by atoms with Crippen LogP contribution in [0.15, 0.2) is 17.0 Å². The van der Waals surface area contributed by atoms with Crippen molar-refractivity contribution >= 4 is 28.5 Å². The van der Waals surface area contributed by atoms with E-state index in [1.807, 2.05) is 6.92 Å². The van der Waals surface area contributed by atoms with Crippen molar-refractivity contribution in [1.29, 1.82) is 0 Å². The lowest BCUT2D eigenvalue weighted by Gasteiger charge is -2.24. The molecule has 24 heavy (non-hydrogen) atoms. The maximum absolute atomic E-state index is 12.9. The molecular formula is C15H21BN2O5S. The van der Waals surface area contributed by atoms with E-state index in [4.69, 9.17) is 0 Å². The van der Waals surface area contributed by atoms with Crippen molar-refractivity contribution in [1.82, 2.24) is 9.21 Å². The number of fused-ring (bicyclic) bond motifs is 1. The largest absolute Gasteiger partial charge is 0.488 e. The fourth-order valence-corrected chi connectivity index (χ4v) is 4.33. The Labute approximate surface area is 142 Å². The third-order valence-electron chi connectivity index (χ3n) is 4.87. The van der Waals surface area contributed by atoms with Crippen LogP contribution in [0.1, 0.15) is 35.7 Å². The molecule has 3 rings (SSSR count). The quantitative estimate of drug-likeness (QED) is 0.688. The lowest BCUT2D eigenvalue weighted by Crippen LogP contribution is -2.35. The molecule has 1 amide bonds. The van der Waals surface area contributed by atoms with Crippen molar-refractivity contribution in [2.24, 2.45) is 5.92 Å². The average Bonchev–Trinajstić information content (AvgIpc) is 3.30. The highest BCUT2D eigenvalue weighted by Gasteiger charge is 2.42. The molecule has 7 nitrogen and oxygen atoms in total. The van der Waals surface area contributed by atoms with Gasteiger partial charge in [0.25, 0.3) is 5.91 Å². The number of rotatable bonds is 5. The third kappa shape index (κ3) is 2.75. The molecule has 1 aromatic carbocycles. The smallest absolute Gasteiger partial charge is 0.423 e. The van der Waals surface area contributed by atoms with Gasteiger partial charge in [0.1, 0.15) is 0 Å². The van der Waals surface area contributed by atoms with Crippen LogP contribution in [0.2, 0.25) is 0 Å². The summed E-state index contributed by atoms with van der Waals surface area (Å²) in [5, 5.41) is 18.9. The zero-order valence-electron chi connectivity index (χ0n) is 13.9. The monoisotopic (exact) mass is 352 g/mol. The predicted octanol–water partition coefficient (Wildman–Crippen LogP) is -0.629. The van der Waals surface area contributed by atoms with Gasteiger partial charge in [-0.25, -0.2) is 12.7 Å². The molecule has 130 valence electrons. The van der Waals surface area contributed by atoms with Crippen LogP contribution in [0, 0.1) is 5.92 Å². The summed E-state index contributed by atoms with van der Waals surface area (Å²) in [5.74, 6) is 0.156. The fraction of sp³-hybridized carbons (Fsp3) is 0.533. The maximum Gasteiger partial charge on any atom is 0.488 e. The minimum absolute atomic E-state index is 0.0438. The molecule has 2 N–H and O–H groups in total. The van der Waals surface area contributed by atoms with Gasteiger partial charge in [-0.05, 0) is 42.8 Å². The average molecular weight is 352 g/mol. The normalized spacial score (nSPS) is 18.9.